The molecule has 0 aromatic rings. The highest BCUT2D eigenvalue weighted by molar-refractivity contribution is 5.06. The van der Waals surface area contributed by atoms with Gasteiger partial charge in [0.1, 0.15) is 0 Å². The molecule has 2 aliphatic rings. The van der Waals surface area contributed by atoms with Crippen LogP contribution in [0.4, 0.5) is 0 Å². The number of nitrogens with one attached hydrogen (secondary N) is 1. The van der Waals surface area contributed by atoms with Crippen LogP contribution >= 0.6 is 0 Å². The van der Waals surface area contributed by atoms with Crippen molar-refractivity contribution in [3.63, 3.8) is 0 Å². The Balaban J connectivity index is 1.97. The predicted molar refractivity (Wildman–Crippen MR) is 42.9 cm³/mol. The molecule has 0 bridgehead atoms. The van der Waals surface area contributed by atoms with E-state index in [0.717, 1.165) is 18.0 Å². The van der Waals surface area contributed by atoms with E-state index in [4.69, 9.17) is 0 Å². The van der Waals surface area contributed by atoms with Crippen LogP contribution in [0.3, 0.4) is 0 Å². The van der Waals surface area contributed by atoms with Crippen molar-refractivity contribution in [2.75, 3.05) is 0 Å². The van der Waals surface area contributed by atoms with E-state index in [1.165, 1.54) is 12.8 Å². The average Bonchev–Trinajstić information content (AvgIpc) is 2.38. The molecule has 0 amide bonds. The van der Waals surface area contributed by atoms with Crippen LogP contribution in [0.25, 0.3) is 0 Å². The van der Waals surface area contributed by atoms with Gasteiger partial charge in [0.05, 0.1) is 0 Å². The van der Waals surface area contributed by atoms with E-state index >= 15 is 0 Å². The van der Waals surface area contributed by atoms with Gasteiger partial charge >= 0.3 is 0 Å². The maximum Gasteiger partial charge on any atom is 0.0121 e. The predicted octanol–water partition coefficient (Wildman–Crippen LogP) is 1.78. The highest BCUT2D eigenvalue weighted by Crippen LogP contribution is 2.44. The van der Waals surface area contributed by atoms with Crippen LogP contribution in [0.15, 0.2) is 0 Å². The molecule has 2 rings (SSSR count). The topological polar surface area (TPSA) is 12.0 Å². The summed E-state index contributed by atoms with van der Waals surface area (Å²) in [4.78, 5) is 0. The molecule has 2 fully saturated rings. The fourth-order valence-electron chi connectivity index (χ4n) is 1.94. The number of fused-ring (bicyclic) bond motifs is 1. The van der Waals surface area contributed by atoms with Gasteiger partial charge in [-0.3, -0.25) is 0 Å². The first-order valence-corrected chi connectivity index (χ1v) is 4.33. The molecule has 1 heterocycles. The summed E-state index contributed by atoms with van der Waals surface area (Å²) < 4.78 is 0. The van der Waals surface area contributed by atoms with Gasteiger partial charge < -0.3 is 5.32 Å². The zero-order chi connectivity index (χ0) is 7.35. The van der Waals surface area contributed by atoms with E-state index < -0.39 is 0 Å². The van der Waals surface area contributed by atoms with Gasteiger partial charge in [-0.25, -0.2) is 0 Å². The van der Waals surface area contributed by atoms with E-state index in [1.807, 2.05) is 0 Å². The average molecular weight is 139 g/mol. The van der Waals surface area contributed by atoms with Crippen LogP contribution in [0.5, 0.6) is 0 Å². The summed E-state index contributed by atoms with van der Waals surface area (Å²) >= 11 is 0. The molecule has 0 aromatic heterocycles. The maximum absolute atomic E-state index is 3.67. The number of piperidine rings is 1. The molecule has 0 aromatic carbocycles. The van der Waals surface area contributed by atoms with Crippen molar-refractivity contribution in [1.29, 1.82) is 0 Å². The molecule has 1 aliphatic carbocycles. The van der Waals surface area contributed by atoms with E-state index in [9.17, 15) is 0 Å². The van der Waals surface area contributed by atoms with Crippen molar-refractivity contribution < 1.29 is 0 Å². The molecular formula is C9H17N. The van der Waals surface area contributed by atoms with Gasteiger partial charge in [-0.15, -0.1) is 0 Å². The summed E-state index contributed by atoms with van der Waals surface area (Å²) in [6.45, 7) is 6.99. The van der Waals surface area contributed by atoms with Crippen molar-refractivity contribution >= 4 is 0 Å². The lowest BCUT2D eigenvalue weighted by Gasteiger charge is -2.28. The number of hydrogen-bond acceptors (Lipinski definition) is 1. The molecule has 1 heteroatoms. The third-order valence-electron chi connectivity index (χ3n) is 2.92. The Kier molecular flexibility index (Phi) is 1.17. The smallest absolute Gasteiger partial charge is 0.0121 e. The molecule has 3 unspecified atom stereocenters. The minimum Gasteiger partial charge on any atom is -0.310 e. The summed E-state index contributed by atoms with van der Waals surface area (Å²) in [6, 6.07) is 1.69. The fraction of sp³-hybridized carbons (Fsp3) is 1.00. The Labute approximate surface area is 63.2 Å². The first kappa shape index (κ1) is 6.66. The summed E-state index contributed by atoms with van der Waals surface area (Å²) in [7, 11) is 0. The van der Waals surface area contributed by atoms with Gasteiger partial charge in [0, 0.05) is 12.1 Å². The number of rotatable bonds is 0. The monoisotopic (exact) mass is 139 g/mol. The molecule has 1 saturated carbocycles. The molecule has 0 spiro atoms. The Morgan fingerprint density at radius 1 is 1.20 bits per heavy atom. The summed E-state index contributed by atoms with van der Waals surface area (Å²) in [5, 5.41) is 3.67. The van der Waals surface area contributed by atoms with Gasteiger partial charge in [0.2, 0.25) is 0 Å². The van der Waals surface area contributed by atoms with Gasteiger partial charge in [-0.05, 0) is 24.2 Å². The molecule has 10 heavy (non-hydrogen) atoms. The highest BCUT2D eigenvalue weighted by Gasteiger charge is 2.48. The van der Waals surface area contributed by atoms with Crippen LogP contribution in [0.2, 0.25) is 0 Å². The van der Waals surface area contributed by atoms with Crippen molar-refractivity contribution in [3.05, 3.63) is 0 Å². The molecule has 1 aliphatic heterocycles. The van der Waals surface area contributed by atoms with Crippen molar-refractivity contribution in [1.82, 2.24) is 5.32 Å². The molecule has 1 saturated heterocycles. The van der Waals surface area contributed by atoms with Gasteiger partial charge in [-0.2, -0.15) is 0 Å². The van der Waals surface area contributed by atoms with E-state index in [-0.39, 0.29) is 0 Å². The molecule has 1 nitrogen and oxygen atoms in total. The molecule has 1 N–H and O–H groups in total. The second-order valence-corrected chi connectivity index (χ2v) is 4.92. The summed E-state index contributed by atoms with van der Waals surface area (Å²) in [6.07, 6.45) is 2.88. The van der Waals surface area contributed by atoms with E-state index in [1.54, 1.807) is 0 Å². The van der Waals surface area contributed by atoms with Crippen LogP contribution < -0.4 is 5.32 Å². The first-order chi connectivity index (χ1) is 4.57. The highest BCUT2D eigenvalue weighted by atomic mass is 15.1. The lowest BCUT2D eigenvalue weighted by molar-refractivity contribution is 0.276. The Morgan fingerprint density at radius 2 is 1.90 bits per heavy atom. The molecule has 58 valence electrons. The second-order valence-electron chi connectivity index (χ2n) is 4.92. The SMILES string of the molecule is CC(C)(C)C1CC2CC2N1. The molecule has 3 atom stereocenters. The Bertz CT molecular complexity index is 135. The van der Waals surface area contributed by atoms with Crippen LogP contribution in [0, 0.1) is 11.3 Å². The van der Waals surface area contributed by atoms with Crippen LogP contribution in [-0.4, -0.2) is 12.1 Å². The Morgan fingerprint density at radius 3 is 2.20 bits per heavy atom. The van der Waals surface area contributed by atoms with Crippen LogP contribution in [-0.2, 0) is 0 Å². The van der Waals surface area contributed by atoms with Gasteiger partial charge in [0.15, 0.2) is 0 Å². The third kappa shape index (κ3) is 0.968. The van der Waals surface area contributed by atoms with Crippen molar-refractivity contribution in [3.8, 4) is 0 Å². The molecule has 0 radical (unpaired) electrons. The standard InChI is InChI=1S/C9H17N/c1-9(2,3)8-5-6-4-7(6)10-8/h6-8,10H,4-5H2,1-3H3. The quantitative estimate of drug-likeness (QED) is 0.539. The lowest BCUT2D eigenvalue weighted by atomic mass is 9.85. The summed E-state index contributed by atoms with van der Waals surface area (Å²) in [5.41, 5.74) is 0.480. The zero-order valence-corrected chi connectivity index (χ0v) is 7.15. The third-order valence-corrected chi connectivity index (χ3v) is 2.92. The van der Waals surface area contributed by atoms with E-state index in [2.05, 4.69) is 26.1 Å². The number of hydrogen-bond donors (Lipinski definition) is 1. The van der Waals surface area contributed by atoms with Crippen LogP contribution in [0.1, 0.15) is 33.6 Å². The zero-order valence-electron chi connectivity index (χ0n) is 7.15. The fourth-order valence-corrected chi connectivity index (χ4v) is 1.94. The summed E-state index contributed by atoms with van der Waals surface area (Å²) in [5.74, 6) is 1.05. The maximum atomic E-state index is 3.67. The van der Waals surface area contributed by atoms with Crippen molar-refractivity contribution in [2.45, 2.75) is 45.7 Å². The first-order valence-electron chi connectivity index (χ1n) is 4.33. The second kappa shape index (κ2) is 1.76. The Hall–Kier alpha value is -0.0400. The largest absolute Gasteiger partial charge is 0.310 e. The van der Waals surface area contributed by atoms with E-state index in [0.29, 0.717) is 5.41 Å². The van der Waals surface area contributed by atoms with Gasteiger partial charge in [0.25, 0.3) is 0 Å². The normalized spacial score (nSPS) is 45.3. The van der Waals surface area contributed by atoms with Gasteiger partial charge in [-0.1, -0.05) is 20.8 Å². The molecular weight excluding hydrogens is 122 g/mol. The lowest BCUT2D eigenvalue weighted by Crippen LogP contribution is -2.37. The minimum atomic E-state index is 0.480. The van der Waals surface area contributed by atoms with Crippen molar-refractivity contribution in [2.24, 2.45) is 11.3 Å². The minimum absolute atomic E-state index is 0.480.